The van der Waals surface area contributed by atoms with E-state index in [1.807, 2.05) is 37.1 Å². The lowest BCUT2D eigenvalue weighted by Crippen LogP contribution is -2.28. The first-order chi connectivity index (χ1) is 7.79. The fraction of sp³-hybridized carbons (Fsp3) is 0.538. The molecule has 16 heavy (non-hydrogen) atoms. The van der Waals surface area contributed by atoms with E-state index in [1.54, 1.807) is 13.1 Å². The molecule has 1 fully saturated rings. The zero-order valence-corrected chi connectivity index (χ0v) is 10.3. The fourth-order valence-corrected chi connectivity index (χ4v) is 2.06. The van der Waals surface area contributed by atoms with Crippen LogP contribution in [-0.4, -0.2) is 22.3 Å². The van der Waals surface area contributed by atoms with E-state index in [1.165, 1.54) is 0 Å². The minimum Gasteiger partial charge on any atom is -0.336 e. The maximum Gasteiger partial charge on any atom is 0.219 e. The molecule has 1 unspecified atom stereocenters. The molecule has 1 atom stereocenters. The van der Waals surface area contributed by atoms with E-state index in [-0.39, 0.29) is 11.9 Å². The molecule has 0 radical (unpaired) electrons. The molecule has 2 heterocycles. The van der Waals surface area contributed by atoms with Crippen molar-refractivity contribution in [1.82, 2.24) is 9.88 Å². The quantitative estimate of drug-likeness (QED) is 0.729. The first kappa shape index (κ1) is 12.7. The van der Waals surface area contributed by atoms with Gasteiger partial charge in [0, 0.05) is 25.9 Å². The molecule has 1 aromatic heterocycles. The van der Waals surface area contributed by atoms with Gasteiger partial charge in [0.05, 0.1) is 6.04 Å². The van der Waals surface area contributed by atoms with Gasteiger partial charge < -0.3 is 4.90 Å². The summed E-state index contributed by atoms with van der Waals surface area (Å²) in [6.45, 7) is 6.52. The van der Waals surface area contributed by atoms with Gasteiger partial charge in [0.25, 0.3) is 0 Å². The van der Waals surface area contributed by atoms with Gasteiger partial charge in [-0.1, -0.05) is 19.9 Å². The molecule has 2 rings (SSSR count). The fourth-order valence-electron chi connectivity index (χ4n) is 2.06. The van der Waals surface area contributed by atoms with Crippen molar-refractivity contribution in [3.63, 3.8) is 0 Å². The Morgan fingerprint density at radius 2 is 2.25 bits per heavy atom. The van der Waals surface area contributed by atoms with Crippen LogP contribution < -0.4 is 0 Å². The van der Waals surface area contributed by atoms with Gasteiger partial charge in [-0.05, 0) is 24.5 Å². The summed E-state index contributed by atoms with van der Waals surface area (Å²) in [5, 5.41) is 0. The number of hydrogen-bond acceptors (Lipinski definition) is 2. The third-order valence-corrected chi connectivity index (χ3v) is 2.73. The van der Waals surface area contributed by atoms with Crippen molar-refractivity contribution in [3.05, 3.63) is 30.1 Å². The van der Waals surface area contributed by atoms with Crippen LogP contribution in [0.4, 0.5) is 0 Å². The second-order valence-corrected chi connectivity index (χ2v) is 3.66. The van der Waals surface area contributed by atoms with Crippen LogP contribution >= 0.6 is 0 Å². The number of aromatic nitrogens is 1. The molecule has 0 spiro atoms. The Kier molecular flexibility index (Phi) is 4.96. The Hall–Kier alpha value is -1.38. The zero-order valence-electron chi connectivity index (χ0n) is 10.3. The highest BCUT2D eigenvalue weighted by Gasteiger charge is 2.27. The van der Waals surface area contributed by atoms with Gasteiger partial charge in [0.2, 0.25) is 5.91 Å². The van der Waals surface area contributed by atoms with Crippen LogP contribution in [0.2, 0.25) is 0 Å². The molecule has 1 saturated heterocycles. The van der Waals surface area contributed by atoms with E-state index in [0.717, 1.165) is 24.9 Å². The van der Waals surface area contributed by atoms with E-state index < -0.39 is 0 Å². The minimum absolute atomic E-state index is 0.163. The first-order valence-electron chi connectivity index (χ1n) is 5.96. The molecule has 88 valence electrons. The molecule has 0 aromatic carbocycles. The second kappa shape index (κ2) is 6.26. The van der Waals surface area contributed by atoms with Gasteiger partial charge in [-0.3, -0.25) is 9.78 Å². The molecule has 3 heteroatoms. The topological polar surface area (TPSA) is 33.2 Å². The maximum atomic E-state index is 11.3. The van der Waals surface area contributed by atoms with E-state index in [4.69, 9.17) is 0 Å². The standard InChI is InChI=1S/C11H14N2O.C2H6/c1-9(14)13-7-3-5-11(13)10-4-2-6-12-8-10;1-2/h2,4,6,8,11H,3,5,7H2,1H3;1-2H3. The number of amides is 1. The molecule has 1 aromatic rings. The number of hydrogen-bond donors (Lipinski definition) is 0. The summed E-state index contributed by atoms with van der Waals surface area (Å²) in [6.07, 6.45) is 5.77. The van der Waals surface area contributed by atoms with Gasteiger partial charge in [0.1, 0.15) is 0 Å². The number of carbonyl (C=O) groups is 1. The van der Waals surface area contributed by atoms with Crippen molar-refractivity contribution in [1.29, 1.82) is 0 Å². The highest BCUT2D eigenvalue weighted by Crippen LogP contribution is 2.30. The van der Waals surface area contributed by atoms with Crippen LogP contribution in [0.1, 0.15) is 45.2 Å². The summed E-state index contributed by atoms with van der Waals surface area (Å²) in [6, 6.07) is 4.21. The Bertz CT molecular complexity index is 324. The maximum absolute atomic E-state index is 11.3. The van der Waals surface area contributed by atoms with Crippen LogP contribution in [0, 0.1) is 0 Å². The third-order valence-electron chi connectivity index (χ3n) is 2.73. The highest BCUT2D eigenvalue weighted by molar-refractivity contribution is 5.74. The van der Waals surface area contributed by atoms with E-state index >= 15 is 0 Å². The summed E-state index contributed by atoms with van der Waals surface area (Å²) >= 11 is 0. The summed E-state index contributed by atoms with van der Waals surface area (Å²) in [5.41, 5.74) is 1.15. The zero-order chi connectivity index (χ0) is 12.0. The Morgan fingerprint density at radius 3 is 2.81 bits per heavy atom. The van der Waals surface area contributed by atoms with Gasteiger partial charge in [-0.2, -0.15) is 0 Å². The minimum atomic E-state index is 0.163. The number of carbonyl (C=O) groups excluding carboxylic acids is 1. The predicted molar refractivity (Wildman–Crippen MR) is 64.9 cm³/mol. The molecule has 0 bridgehead atoms. The van der Waals surface area contributed by atoms with Crippen molar-refractivity contribution >= 4 is 5.91 Å². The van der Waals surface area contributed by atoms with Crippen molar-refractivity contribution in [2.75, 3.05) is 6.54 Å². The van der Waals surface area contributed by atoms with Gasteiger partial charge in [-0.25, -0.2) is 0 Å². The highest BCUT2D eigenvalue weighted by atomic mass is 16.2. The molecule has 1 aliphatic rings. The Labute approximate surface area is 97.5 Å². The Balaban J connectivity index is 0.000000606. The lowest BCUT2D eigenvalue weighted by molar-refractivity contribution is -0.129. The first-order valence-corrected chi connectivity index (χ1v) is 5.96. The molecule has 3 nitrogen and oxygen atoms in total. The van der Waals surface area contributed by atoms with Crippen LogP contribution in [0.5, 0.6) is 0 Å². The predicted octanol–water partition coefficient (Wildman–Crippen LogP) is 2.79. The largest absolute Gasteiger partial charge is 0.336 e. The van der Waals surface area contributed by atoms with Gasteiger partial charge in [-0.15, -0.1) is 0 Å². The summed E-state index contributed by atoms with van der Waals surface area (Å²) in [7, 11) is 0. The third kappa shape index (κ3) is 2.81. The van der Waals surface area contributed by atoms with E-state index in [0.29, 0.717) is 0 Å². The van der Waals surface area contributed by atoms with Crippen molar-refractivity contribution < 1.29 is 4.79 Å². The lowest BCUT2D eigenvalue weighted by Gasteiger charge is -2.23. The smallest absolute Gasteiger partial charge is 0.219 e. The summed E-state index contributed by atoms with van der Waals surface area (Å²) in [5.74, 6) is 0.163. The summed E-state index contributed by atoms with van der Waals surface area (Å²) < 4.78 is 0. The second-order valence-electron chi connectivity index (χ2n) is 3.66. The molecular formula is C13H20N2O. The molecular weight excluding hydrogens is 200 g/mol. The van der Waals surface area contributed by atoms with Crippen LogP contribution in [-0.2, 0) is 4.79 Å². The number of pyridine rings is 1. The molecule has 0 N–H and O–H groups in total. The molecule has 0 saturated carbocycles. The van der Waals surface area contributed by atoms with E-state index in [2.05, 4.69) is 4.98 Å². The average molecular weight is 220 g/mol. The van der Waals surface area contributed by atoms with Crippen LogP contribution in [0.25, 0.3) is 0 Å². The van der Waals surface area contributed by atoms with Crippen LogP contribution in [0.15, 0.2) is 24.5 Å². The summed E-state index contributed by atoms with van der Waals surface area (Å²) in [4.78, 5) is 17.3. The van der Waals surface area contributed by atoms with Gasteiger partial charge in [0.15, 0.2) is 0 Å². The monoisotopic (exact) mass is 220 g/mol. The molecule has 0 aliphatic carbocycles. The number of nitrogens with zero attached hydrogens (tertiary/aromatic N) is 2. The normalized spacial score (nSPS) is 18.9. The Morgan fingerprint density at radius 1 is 1.50 bits per heavy atom. The lowest BCUT2D eigenvalue weighted by atomic mass is 10.1. The van der Waals surface area contributed by atoms with Crippen molar-refractivity contribution in [2.45, 2.75) is 39.7 Å². The van der Waals surface area contributed by atoms with E-state index in [9.17, 15) is 4.79 Å². The molecule has 1 aliphatic heterocycles. The molecule has 1 amide bonds. The van der Waals surface area contributed by atoms with Gasteiger partial charge >= 0.3 is 0 Å². The van der Waals surface area contributed by atoms with Crippen molar-refractivity contribution in [2.24, 2.45) is 0 Å². The number of likely N-dealkylation sites (tertiary alicyclic amines) is 1. The van der Waals surface area contributed by atoms with Crippen LogP contribution in [0.3, 0.4) is 0 Å². The number of rotatable bonds is 1. The average Bonchev–Trinajstić information content (AvgIpc) is 2.82. The van der Waals surface area contributed by atoms with Crippen molar-refractivity contribution in [3.8, 4) is 0 Å². The SMILES string of the molecule is CC.CC(=O)N1CCCC1c1cccnc1.